The predicted octanol–water partition coefficient (Wildman–Crippen LogP) is 5.40. The molecule has 30 heavy (non-hydrogen) atoms. The highest BCUT2D eigenvalue weighted by Crippen LogP contribution is 2.22. The summed E-state index contributed by atoms with van der Waals surface area (Å²) in [4.78, 5) is 9.07. The summed E-state index contributed by atoms with van der Waals surface area (Å²) in [5.41, 5.74) is 6.13. The quantitative estimate of drug-likeness (QED) is 0.439. The largest absolute Gasteiger partial charge is 0.306 e. The Kier molecular flexibility index (Phi) is 5.49. The molecule has 0 saturated carbocycles. The van der Waals surface area contributed by atoms with Crippen LogP contribution in [0.4, 0.5) is 0 Å². The molecule has 2 heterocycles. The maximum atomic E-state index is 9.10. The number of aromatic nitrogens is 4. The molecule has 0 radical (unpaired) electrons. The van der Waals surface area contributed by atoms with E-state index in [-0.39, 0.29) is 5.92 Å². The average Bonchev–Trinajstić information content (AvgIpc) is 3.45. The third-order valence-electron chi connectivity index (χ3n) is 5.35. The summed E-state index contributed by atoms with van der Waals surface area (Å²) in [7, 11) is 0. The molecule has 0 spiro atoms. The summed E-state index contributed by atoms with van der Waals surface area (Å²) < 4.78 is 4.04. The van der Waals surface area contributed by atoms with Crippen LogP contribution in [0.5, 0.6) is 0 Å². The van der Waals surface area contributed by atoms with E-state index in [9.17, 15) is 0 Å². The minimum atomic E-state index is 0.289. The molecule has 0 aliphatic heterocycles. The van der Waals surface area contributed by atoms with Gasteiger partial charge >= 0.3 is 0 Å². The molecule has 0 aliphatic rings. The number of imidazole rings is 2. The lowest BCUT2D eigenvalue weighted by atomic mass is 9.98. The van der Waals surface area contributed by atoms with Gasteiger partial charge in [-0.15, -0.1) is 0 Å². The topological polar surface area (TPSA) is 59.4 Å². The second-order valence-corrected chi connectivity index (χ2v) is 8.00. The van der Waals surface area contributed by atoms with Crippen molar-refractivity contribution in [2.75, 3.05) is 0 Å². The number of nitrogens with zero attached hydrogens (tertiary/aromatic N) is 5. The Hall–Kier alpha value is -3.65. The number of hydrogen-bond donors (Lipinski definition) is 0. The monoisotopic (exact) mass is 395 g/mol. The Balaban J connectivity index is 1.45. The Morgan fingerprint density at radius 1 is 0.867 bits per heavy atom. The summed E-state index contributed by atoms with van der Waals surface area (Å²) >= 11 is 0. The van der Waals surface area contributed by atoms with Crippen molar-refractivity contribution in [3.05, 3.63) is 96.1 Å². The van der Waals surface area contributed by atoms with Gasteiger partial charge in [0.1, 0.15) is 0 Å². The number of rotatable bonds is 6. The Morgan fingerprint density at radius 3 is 2.20 bits per heavy atom. The van der Waals surface area contributed by atoms with Crippen molar-refractivity contribution in [3.8, 4) is 17.4 Å². The Labute approximate surface area is 177 Å². The fourth-order valence-corrected chi connectivity index (χ4v) is 3.51. The van der Waals surface area contributed by atoms with E-state index >= 15 is 0 Å². The highest BCUT2D eigenvalue weighted by atomic mass is 15.0. The van der Waals surface area contributed by atoms with Crippen LogP contribution in [0.15, 0.2) is 73.6 Å². The van der Waals surface area contributed by atoms with Gasteiger partial charge < -0.3 is 9.13 Å². The van der Waals surface area contributed by atoms with Gasteiger partial charge in [0.15, 0.2) is 0 Å². The molecule has 4 rings (SSSR count). The summed E-state index contributed by atoms with van der Waals surface area (Å²) in [6.07, 6.45) is 8.75. The molecule has 2 aromatic heterocycles. The molecule has 5 nitrogen and oxygen atoms in total. The lowest BCUT2D eigenvalue weighted by molar-refractivity contribution is 0.735. The zero-order valence-electron chi connectivity index (χ0n) is 17.5. The van der Waals surface area contributed by atoms with Gasteiger partial charge in [-0.05, 0) is 48.2 Å². The Morgan fingerprint density at radius 2 is 1.53 bits per heavy atom. The normalized spacial score (nSPS) is 12.1. The van der Waals surface area contributed by atoms with Crippen LogP contribution in [0.1, 0.15) is 55.1 Å². The van der Waals surface area contributed by atoms with Crippen LogP contribution in [0, 0.1) is 11.3 Å². The standard InChI is InChI=1S/C25H25N5/c1-18(2)24-14-29(16-27-24)22-9-7-20(8-10-22)11-19(3)25-15-30(17-28-25)23-6-4-5-21(12-23)13-26/h4-10,12,14-19H,11H2,1-3H3. The van der Waals surface area contributed by atoms with Crippen molar-refractivity contribution in [1.29, 1.82) is 5.26 Å². The fraction of sp³-hybridized carbons (Fsp3) is 0.240. The van der Waals surface area contributed by atoms with E-state index in [1.165, 1.54) is 5.56 Å². The first-order valence-corrected chi connectivity index (χ1v) is 10.2. The first kappa shape index (κ1) is 19.7. The lowest BCUT2D eigenvalue weighted by Gasteiger charge is -2.10. The van der Waals surface area contributed by atoms with E-state index in [2.05, 4.69) is 78.0 Å². The second kappa shape index (κ2) is 8.38. The van der Waals surface area contributed by atoms with Crippen molar-refractivity contribution >= 4 is 0 Å². The van der Waals surface area contributed by atoms with E-state index in [0.29, 0.717) is 11.5 Å². The molecule has 4 aromatic rings. The van der Waals surface area contributed by atoms with Crippen LogP contribution in [-0.4, -0.2) is 19.1 Å². The van der Waals surface area contributed by atoms with Gasteiger partial charge in [0.05, 0.1) is 35.7 Å². The van der Waals surface area contributed by atoms with Crippen LogP contribution in [0.25, 0.3) is 11.4 Å². The van der Waals surface area contributed by atoms with E-state index < -0.39 is 0 Å². The van der Waals surface area contributed by atoms with E-state index in [4.69, 9.17) is 5.26 Å². The molecule has 0 aliphatic carbocycles. The van der Waals surface area contributed by atoms with E-state index in [0.717, 1.165) is 29.2 Å². The van der Waals surface area contributed by atoms with E-state index in [1.807, 2.05) is 35.4 Å². The number of benzene rings is 2. The highest BCUT2D eigenvalue weighted by molar-refractivity contribution is 5.41. The van der Waals surface area contributed by atoms with Gasteiger partial charge in [-0.3, -0.25) is 0 Å². The van der Waals surface area contributed by atoms with Crippen molar-refractivity contribution in [3.63, 3.8) is 0 Å². The van der Waals surface area contributed by atoms with Crippen LogP contribution in [-0.2, 0) is 6.42 Å². The first-order chi connectivity index (χ1) is 14.5. The number of hydrogen-bond acceptors (Lipinski definition) is 3. The molecule has 2 aromatic carbocycles. The van der Waals surface area contributed by atoms with Crippen molar-refractivity contribution < 1.29 is 0 Å². The molecule has 5 heteroatoms. The highest BCUT2D eigenvalue weighted by Gasteiger charge is 2.11. The summed E-state index contributed by atoms with van der Waals surface area (Å²) in [6.45, 7) is 6.49. The van der Waals surface area contributed by atoms with Gasteiger partial charge in [0.2, 0.25) is 0 Å². The molecule has 0 fully saturated rings. The van der Waals surface area contributed by atoms with Crippen LogP contribution < -0.4 is 0 Å². The summed E-state index contributed by atoms with van der Waals surface area (Å²) in [6, 6.07) is 18.4. The molecule has 1 atom stereocenters. The third-order valence-corrected chi connectivity index (χ3v) is 5.35. The predicted molar refractivity (Wildman–Crippen MR) is 118 cm³/mol. The van der Waals surface area contributed by atoms with E-state index in [1.54, 1.807) is 6.07 Å². The molecular formula is C25H25N5. The number of nitriles is 1. The minimum Gasteiger partial charge on any atom is -0.306 e. The first-order valence-electron chi connectivity index (χ1n) is 10.2. The molecule has 0 N–H and O–H groups in total. The van der Waals surface area contributed by atoms with Gasteiger partial charge in [-0.25, -0.2) is 9.97 Å². The van der Waals surface area contributed by atoms with Gasteiger partial charge in [-0.2, -0.15) is 5.26 Å². The third kappa shape index (κ3) is 4.18. The molecule has 0 bridgehead atoms. The van der Waals surface area contributed by atoms with Crippen molar-refractivity contribution in [2.24, 2.45) is 0 Å². The van der Waals surface area contributed by atoms with Gasteiger partial charge in [-0.1, -0.05) is 39.0 Å². The molecular weight excluding hydrogens is 370 g/mol. The maximum Gasteiger partial charge on any atom is 0.0995 e. The molecule has 1 unspecified atom stereocenters. The smallest absolute Gasteiger partial charge is 0.0995 e. The zero-order valence-corrected chi connectivity index (χ0v) is 17.5. The minimum absolute atomic E-state index is 0.289. The molecule has 150 valence electrons. The fourth-order valence-electron chi connectivity index (χ4n) is 3.51. The van der Waals surface area contributed by atoms with Gasteiger partial charge in [0.25, 0.3) is 0 Å². The van der Waals surface area contributed by atoms with Gasteiger partial charge in [0, 0.05) is 29.7 Å². The van der Waals surface area contributed by atoms with Crippen LogP contribution in [0.3, 0.4) is 0 Å². The summed E-state index contributed by atoms with van der Waals surface area (Å²) in [5, 5.41) is 9.10. The Bertz CT molecular complexity index is 1170. The van der Waals surface area contributed by atoms with Crippen molar-refractivity contribution in [1.82, 2.24) is 19.1 Å². The SMILES string of the molecule is CC(C)c1cn(-c2ccc(CC(C)c3cn(-c4cccc(C#N)c4)cn3)cc2)cn1. The second-order valence-electron chi connectivity index (χ2n) is 8.00. The lowest BCUT2D eigenvalue weighted by Crippen LogP contribution is -2.00. The van der Waals surface area contributed by atoms with Crippen LogP contribution >= 0.6 is 0 Å². The van der Waals surface area contributed by atoms with Crippen molar-refractivity contribution in [2.45, 2.75) is 39.0 Å². The maximum absolute atomic E-state index is 9.10. The van der Waals surface area contributed by atoms with Crippen LogP contribution in [0.2, 0.25) is 0 Å². The molecule has 0 saturated heterocycles. The molecule has 0 amide bonds. The summed E-state index contributed by atoms with van der Waals surface area (Å²) in [5.74, 6) is 0.714. The zero-order chi connectivity index (χ0) is 21.1. The average molecular weight is 396 g/mol.